The number of hydrogen-bond donors (Lipinski definition) is 0. The van der Waals surface area contributed by atoms with Gasteiger partial charge in [-0.05, 0) is 37.8 Å². The number of nitrogens with zero attached hydrogens (tertiary/aromatic N) is 3. The molecular weight excluding hydrogens is 354 g/mol. The third kappa shape index (κ3) is 3.96. The summed E-state index contributed by atoms with van der Waals surface area (Å²) >= 11 is 0. The van der Waals surface area contributed by atoms with E-state index in [-0.39, 0.29) is 29.4 Å². The van der Waals surface area contributed by atoms with Gasteiger partial charge in [0.15, 0.2) is 5.78 Å². The normalized spacial score (nSPS) is 24.6. The standard InChI is InChI=1S/C22H29N3O3/c26-20-13-18(15-25(20)19-6-2-1-3-7-19)22(28)24-11-8-16(9-12-24)21(27)17-5-4-10-23-14-17/h4-5,10,14,16,18-19H,1-3,6-9,11-13,15H2/t18-/m0/s1. The smallest absolute Gasteiger partial charge is 0.227 e. The van der Waals surface area contributed by atoms with E-state index in [9.17, 15) is 14.4 Å². The van der Waals surface area contributed by atoms with Crippen molar-refractivity contribution >= 4 is 17.6 Å². The zero-order chi connectivity index (χ0) is 19.5. The van der Waals surface area contributed by atoms with E-state index in [1.165, 1.54) is 19.3 Å². The minimum absolute atomic E-state index is 0.0443. The van der Waals surface area contributed by atoms with Crippen molar-refractivity contribution in [3.63, 3.8) is 0 Å². The van der Waals surface area contributed by atoms with Gasteiger partial charge in [0.25, 0.3) is 0 Å². The minimum Gasteiger partial charge on any atom is -0.342 e. The Morgan fingerprint density at radius 2 is 1.75 bits per heavy atom. The van der Waals surface area contributed by atoms with Crippen LogP contribution in [0, 0.1) is 11.8 Å². The number of carbonyl (C=O) groups excluding carboxylic acids is 3. The molecule has 1 atom stereocenters. The SMILES string of the molecule is O=C(c1cccnc1)C1CCN(C(=O)[C@H]2CC(=O)N(C3CCCCC3)C2)CC1. The number of likely N-dealkylation sites (tertiary alicyclic amines) is 2. The summed E-state index contributed by atoms with van der Waals surface area (Å²) in [5, 5.41) is 0. The van der Waals surface area contributed by atoms with Crippen molar-refractivity contribution in [3.05, 3.63) is 30.1 Å². The highest BCUT2D eigenvalue weighted by atomic mass is 16.2. The van der Waals surface area contributed by atoms with Gasteiger partial charge in [0.2, 0.25) is 11.8 Å². The van der Waals surface area contributed by atoms with E-state index in [1.54, 1.807) is 24.5 Å². The molecule has 0 N–H and O–H groups in total. The summed E-state index contributed by atoms with van der Waals surface area (Å²) in [6.07, 6.45) is 10.8. The van der Waals surface area contributed by atoms with Crippen molar-refractivity contribution in [2.24, 2.45) is 11.8 Å². The Balaban J connectivity index is 1.30. The highest BCUT2D eigenvalue weighted by Gasteiger charge is 2.40. The van der Waals surface area contributed by atoms with Crippen LogP contribution in [-0.2, 0) is 9.59 Å². The molecule has 0 radical (unpaired) electrons. The van der Waals surface area contributed by atoms with E-state index in [4.69, 9.17) is 0 Å². The summed E-state index contributed by atoms with van der Waals surface area (Å²) in [4.78, 5) is 45.9. The Morgan fingerprint density at radius 3 is 2.43 bits per heavy atom. The molecular formula is C22H29N3O3. The van der Waals surface area contributed by atoms with Crippen LogP contribution in [0.15, 0.2) is 24.5 Å². The third-order valence-electron chi connectivity index (χ3n) is 6.65. The molecule has 3 fully saturated rings. The van der Waals surface area contributed by atoms with Crippen LogP contribution in [0.4, 0.5) is 0 Å². The fourth-order valence-electron chi connectivity index (χ4n) is 5.01. The zero-order valence-electron chi connectivity index (χ0n) is 16.4. The van der Waals surface area contributed by atoms with Crippen molar-refractivity contribution < 1.29 is 14.4 Å². The molecule has 3 heterocycles. The van der Waals surface area contributed by atoms with Gasteiger partial charge >= 0.3 is 0 Å². The van der Waals surface area contributed by atoms with Crippen LogP contribution in [0.2, 0.25) is 0 Å². The Labute approximate surface area is 166 Å². The van der Waals surface area contributed by atoms with Crippen LogP contribution in [0.3, 0.4) is 0 Å². The minimum atomic E-state index is -0.208. The fraction of sp³-hybridized carbons (Fsp3) is 0.636. The fourth-order valence-corrected chi connectivity index (χ4v) is 5.01. The number of Topliss-reactive ketones (excluding diaryl/α,β-unsaturated/α-hetero) is 1. The van der Waals surface area contributed by atoms with Gasteiger partial charge in [-0.1, -0.05) is 19.3 Å². The molecule has 1 saturated carbocycles. The number of rotatable bonds is 4. The summed E-state index contributed by atoms with van der Waals surface area (Å²) in [7, 11) is 0. The summed E-state index contributed by atoms with van der Waals surface area (Å²) < 4.78 is 0. The lowest BCUT2D eigenvalue weighted by atomic mass is 9.89. The highest BCUT2D eigenvalue weighted by Crippen LogP contribution is 2.30. The van der Waals surface area contributed by atoms with E-state index in [1.807, 2.05) is 9.80 Å². The van der Waals surface area contributed by atoms with Gasteiger partial charge in [0.05, 0.1) is 5.92 Å². The molecule has 0 aromatic carbocycles. The Hall–Kier alpha value is -2.24. The molecule has 4 rings (SSSR count). The van der Waals surface area contributed by atoms with Crippen LogP contribution < -0.4 is 0 Å². The zero-order valence-corrected chi connectivity index (χ0v) is 16.4. The predicted octanol–water partition coefficient (Wildman–Crippen LogP) is 2.68. The molecule has 28 heavy (non-hydrogen) atoms. The molecule has 1 aromatic heterocycles. The Bertz CT molecular complexity index is 722. The van der Waals surface area contributed by atoms with Crippen molar-refractivity contribution in [3.8, 4) is 0 Å². The maximum absolute atomic E-state index is 13.0. The first-order chi connectivity index (χ1) is 13.6. The molecule has 2 aliphatic heterocycles. The van der Waals surface area contributed by atoms with Crippen molar-refractivity contribution in [2.45, 2.75) is 57.4 Å². The number of amides is 2. The van der Waals surface area contributed by atoms with E-state index < -0.39 is 0 Å². The van der Waals surface area contributed by atoms with Crippen LogP contribution in [0.1, 0.15) is 61.7 Å². The molecule has 0 spiro atoms. The van der Waals surface area contributed by atoms with Crippen LogP contribution >= 0.6 is 0 Å². The first-order valence-corrected chi connectivity index (χ1v) is 10.7. The van der Waals surface area contributed by atoms with Gasteiger partial charge in [0.1, 0.15) is 0 Å². The molecule has 2 saturated heterocycles. The van der Waals surface area contributed by atoms with Crippen LogP contribution in [0.5, 0.6) is 0 Å². The van der Waals surface area contributed by atoms with Gasteiger partial charge in [0, 0.05) is 56.0 Å². The lowest BCUT2D eigenvalue weighted by Gasteiger charge is -2.34. The Kier molecular flexibility index (Phi) is 5.74. The highest BCUT2D eigenvalue weighted by molar-refractivity contribution is 5.97. The van der Waals surface area contributed by atoms with E-state index in [2.05, 4.69) is 4.98 Å². The molecule has 1 aromatic rings. The van der Waals surface area contributed by atoms with Gasteiger partial charge in [-0.15, -0.1) is 0 Å². The molecule has 1 aliphatic carbocycles. The van der Waals surface area contributed by atoms with Crippen molar-refractivity contribution in [1.82, 2.24) is 14.8 Å². The number of carbonyl (C=O) groups is 3. The average molecular weight is 383 g/mol. The summed E-state index contributed by atoms with van der Waals surface area (Å²) in [6.45, 7) is 1.78. The topological polar surface area (TPSA) is 70.6 Å². The molecule has 0 unspecified atom stereocenters. The van der Waals surface area contributed by atoms with Gasteiger partial charge in [-0.3, -0.25) is 19.4 Å². The maximum atomic E-state index is 13.0. The molecule has 0 bridgehead atoms. The largest absolute Gasteiger partial charge is 0.342 e. The first-order valence-electron chi connectivity index (χ1n) is 10.7. The molecule has 6 heteroatoms. The molecule has 2 amide bonds. The quantitative estimate of drug-likeness (QED) is 0.750. The number of ketones is 1. The third-order valence-corrected chi connectivity index (χ3v) is 6.65. The second kappa shape index (κ2) is 8.41. The number of aromatic nitrogens is 1. The monoisotopic (exact) mass is 383 g/mol. The number of piperidine rings is 1. The summed E-state index contributed by atoms with van der Waals surface area (Å²) in [6, 6.07) is 3.92. The second-order valence-electron chi connectivity index (χ2n) is 8.44. The van der Waals surface area contributed by atoms with Gasteiger partial charge < -0.3 is 9.80 Å². The van der Waals surface area contributed by atoms with Crippen LogP contribution in [0.25, 0.3) is 0 Å². The molecule has 3 aliphatic rings. The lowest BCUT2D eigenvalue weighted by molar-refractivity contribution is -0.137. The number of pyridine rings is 1. The first kappa shape index (κ1) is 19.1. The summed E-state index contributed by atoms with van der Waals surface area (Å²) in [5.41, 5.74) is 0.650. The average Bonchev–Trinajstić information content (AvgIpc) is 3.15. The van der Waals surface area contributed by atoms with E-state index >= 15 is 0 Å². The molecule has 6 nitrogen and oxygen atoms in total. The second-order valence-corrected chi connectivity index (χ2v) is 8.44. The van der Waals surface area contributed by atoms with Gasteiger partial charge in [-0.25, -0.2) is 0 Å². The lowest BCUT2D eigenvalue weighted by Crippen LogP contribution is -2.44. The Morgan fingerprint density at radius 1 is 1.00 bits per heavy atom. The van der Waals surface area contributed by atoms with Gasteiger partial charge in [-0.2, -0.15) is 0 Å². The summed E-state index contributed by atoms with van der Waals surface area (Å²) in [5.74, 6) is 0.114. The van der Waals surface area contributed by atoms with Crippen LogP contribution in [-0.4, -0.2) is 58.1 Å². The predicted molar refractivity (Wildman–Crippen MR) is 105 cm³/mol. The van der Waals surface area contributed by atoms with Crippen molar-refractivity contribution in [2.75, 3.05) is 19.6 Å². The molecule has 150 valence electrons. The van der Waals surface area contributed by atoms with Crippen molar-refractivity contribution in [1.29, 1.82) is 0 Å². The maximum Gasteiger partial charge on any atom is 0.227 e. The van der Waals surface area contributed by atoms with E-state index in [0.29, 0.717) is 50.5 Å². The van der Waals surface area contributed by atoms with E-state index in [0.717, 1.165) is 12.8 Å². The number of hydrogen-bond acceptors (Lipinski definition) is 4.